The molecule has 5 nitrogen and oxygen atoms in total. The topological polar surface area (TPSA) is 72.8 Å². The standard InChI is InChI=1S/C16H30O5/c1-6-21-14(19)16(4,5)10-8-12-20-11-7-9-15(2,3)13(17)18/h6-12H2,1-5H3,(H,17,18). The molecule has 21 heavy (non-hydrogen) atoms. The van der Waals surface area contributed by atoms with Crippen molar-refractivity contribution in [3.8, 4) is 0 Å². The van der Waals surface area contributed by atoms with Gasteiger partial charge in [0.15, 0.2) is 0 Å². The number of carboxylic acids is 1. The molecule has 0 radical (unpaired) electrons. The van der Waals surface area contributed by atoms with Crippen LogP contribution in [0.1, 0.15) is 60.3 Å². The Hall–Kier alpha value is -1.10. The molecule has 0 bridgehead atoms. The van der Waals surface area contributed by atoms with Gasteiger partial charge in [0.25, 0.3) is 0 Å². The minimum Gasteiger partial charge on any atom is -0.481 e. The van der Waals surface area contributed by atoms with Crippen molar-refractivity contribution < 1.29 is 24.2 Å². The van der Waals surface area contributed by atoms with Gasteiger partial charge in [-0.2, -0.15) is 0 Å². The number of carboxylic acid groups (broad SMARTS) is 1. The van der Waals surface area contributed by atoms with Crippen LogP contribution in [0, 0.1) is 10.8 Å². The Kier molecular flexibility index (Phi) is 8.55. The van der Waals surface area contributed by atoms with Crippen LogP contribution in [0.5, 0.6) is 0 Å². The highest BCUT2D eigenvalue weighted by Crippen LogP contribution is 2.24. The van der Waals surface area contributed by atoms with E-state index in [0.717, 1.165) is 12.8 Å². The molecule has 0 aromatic rings. The maximum absolute atomic E-state index is 11.7. The third-order valence-electron chi connectivity index (χ3n) is 3.59. The molecule has 0 fully saturated rings. The lowest BCUT2D eigenvalue weighted by Crippen LogP contribution is -2.27. The molecule has 0 aromatic heterocycles. The lowest BCUT2D eigenvalue weighted by molar-refractivity contribution is -0.154. The Bertz CT molecular complexity index is 334. The van der Waals surface area contributed by atoms with Crippen molar-refractivity contribution in [3.63, 3.8) is 0 Å². The lowest BCUT2D eigenvalue weighted by Gasteiger charge is -2.22. The fourth-order valence-corrected chi connectivity index (χ4v) is 1.87. The lowest BCUT2D eigenvalue weighted by atomic mass is 9.88. The summed E-state index contributed by atoms with van der Waals surface area (Å²) in [4.78, 5) is 22.6. The number of hydrogen-bond acceptors (Lipinski definition) is 4. The van der Waals surface area contributed by atoms with Crippen LogP contribution in [-0.4, -0.2) is 36.9 Å². The number of ether oxygens (including phenoxy) is 2. The van der Waals surface area contributed by atoms with Gasteiger partial charge < -0.3 is 14.6 Å². The first-order chi connectivity index (χ1) is 9.63. The van der Waals surface area contributed by atoms with Gasteiger partial charge in [0.2, 0.25) is 0 Å². The van der Waals surface area contributed by atoms with E-state index < -0.39 is 16.8 Å². The van der Waals surface area contributed by atoms with Crippen LogP contribution < -0.4 is 0 Å². The Morgan fingerprint density at radius 3 is 1.86 bits per heavy atom. The molecule has 0 aliphatic heterocycles. The van der Waals surface area contributed by atoms with E-state index in [-0.39, 0.29) is 5.97 Å². The zero-order chi connectivity index (χ0) is 16.5. The van der Waals surface area contributed by atoms with Crippen LogP contribution >= 0.6 is 0 Å². The minimum atomic E-state index is -0.779. The highest BCUT2D eigenvalue weighted by Gasteiger charge is 2.28. The summed E-state index contributed by atoms with van der Waals surface area (Å²) < 4.78 is 10.5. The maximum atomic E-state index is 11.7. The van der Waals surface area contributed by atoms with Gasteiger partial charge in [-0.05, 0) is 60.3 Å². The van der Waals surface area contributed by atoms with Gasteiger partial charge in [-0.1, -0.05) is 0 Å². The monoisotopic (exact) mass is 302 g/mol. The SMILES string of the molecule is CCOC(=O)C(C)(C)CCCOCCCC(C)(C)C(=O)O. The summed E-state index contributed by atoms with van der Waals surface area (Å²) >= 11 is 0. The van der Waals surface area contributed by atoms with E-state index in [4.69, 9.17) is 14.6 Å². The molecule has 5 heteroatoms. The predicted molar refractivity (Wildman–Crippen MR) is 81.1 cm³/mol. The van der Waals surface area contributed by atoms with Crippen LogP contribution in [0.2, 0.25) is 0 Å². The fraction of sp³-hybridized carbons (Fsp3) is 0.875. The molecular formula is C16H30O5. The first-order valence-corrected chi connectivity index (χ1v) is 7.62. The van der Waals surface area contributed by atoms with Crippen LogP contribution in [0.25, 0.3) is 0 Å². The van der Waals surface area contributed by atoms with Crippen molar-refractivity contribution in [2.75, 3.05) is 19.8 Å². The molecule has 0 heterocycles. The van der Waals surface area contributed by atoms with Gasteiger partial charge in [-0.25, -0.2) is 0 Å². The van der Waals surface area contributed by atoms with Crippen LogP contribution in [0.15, 0.2) is 0 Å². The van der Waals surface area contributed by atoms with Gasteiger partial charge in [0, 0.05) is 13.2 Å². The molecule has 0 saturated carbocycles. The van der Waals surface area contributed by atoms with Crippen molar-refractivity contribution >= 4 is 11.9 Å². The zero-order valence-electron chi connectivity index (χ0n) is 14.0. The summed E-state index contributed by atoms with van der Waals surface area (Å²) in [6.45, 7) is 10.5. The smallest absolute Gasteiger partial charge is 0.311 e. The Balaban J connectivity index is 3.74. The molecule has 0 unspecified atom stereocenters. The molecule has 0 aliphatic carbocycles. The molecule has 1 N–H and O–H groups in total. The molecule has 0 saturated heterocycles. The average Bonchev–Trinajstić information content (AvgIpc) is 2.37. The summed E-state index contributed by atoms with van der Waals surface area (Å²) in [5.41, 5.74) is -1.18. The second kappa shape index (κ2) is 9.03. The minimum absolute atomic E-state index is 0.173. The zero-order valence-corrected chi connectivity index (χ0v) is 14.0. The second-order valence-electron chi connectivity index (χ2n) is 6.61. The summed E-state index contributed by atoms with van der Waals surface area (Å²) in [6, 6.07) is 0. The van der Waals surface area contributed by atoms with Crippen LogP contribution in [0.3, 0.4) is 0 Å². The summed E-state index contributed by atoms with van der Waals surface area (Å²) in [7, 11) is 0. The molecule has 0 spiro atoms. The van der Waals surface area contributed by atoms with E-state index in [1.165, 1.54) is 0 Å². The first-order valence-electron chi connectivity index (χ1n) is 7.62. The summed E-state index contributed by atoms with van der Waals surface area (Å²) in [5, 5.41) is 8.98. The van der Waals surface area contributed by atoms with Crippen molar-refractivity contribution in [2.24, 2.45) is 10.8 Å². The molecule has 0 aliphatic rings. The highest BCUT2D eigenvalue weighted by molar-refractivity contribution is 5.75. The molecule has 0 atom stereocenters. The van der Waals surface area contributed by atoms with Crippen molar-refractivity contribution in [3.05, 3.63) is 0 Å². The number of esters is 1. The largest absolute Gasteiger partial charge is 0.481 e. The van der Waals surface area contributed by atoms with Gasteiger partial charge in [0.05, 0.1) is 17.4 Å². The Morgan fingerprint density at radius 2 is 1.43 bits per heavy atom. The normalized spacial score (nSPS) is 12.2. The number of aliphatic carboxylic acids is 1. The predicted octanol–water partition coefficient (Wildman–Crippen LogP) is 3.26. The maximum Gasteiger partial charge on any atom is 0.311 e. The van der Waals surface area contributed by atoms with E-state index in [0.29, 0.717) is 32.7 Å². The van der Waals surface area contributed by atoms with E-state index >= 15 is 0 Å². The number of carbonyl (C=O) groups excluding carboxylic acids is 1. The average molecular weight is 302 g/mol. The van der Waals surface area contributed by atoms with E-state index in [1.807, 2.05) is 13.8 Å². The van der Waals surface area contributed by atoms with Crippen molar-refractivity contribution in [1.29, 1.82) is 0 Å². The molecular weight excluding hydrogens is 272 g/mol. The molecule has 0 rings (SSSR count). The highest BCUT2D eigenvalue weighted by atomic mass is 16.5. The Morgan fingerprint density at radius 1 is 0.952 bits per heavy atom. The second-order valence-corrected chi connectivity index (χ2v) is 6.61. The molecule has 124 valence electrons. The third-order valence-corrected chi connectivity index (χ3v) is 3.59. The van der Waals surface area contributed by atoms with E-state index in [1.54, 1.807) is 20.8 Å². The number of rotatable bonds is 11. The summed E-state index contributed by atoms with van der Waals surface area (Å²) in [6.07, 6.45) is 2.82. The van der Waals surface area contributed by atoms with Crippen LogP contribution in [0.4, 0.5) is 0 Å². The van der Waals surface area contributed by atoms with Gasteiger partial charge >= 0.3 is 11.9 Å². The van der Waals surface area contributed by atoms with Crippen molar-refractivity contribution in [1.82, 2.24) is 0 Å². The Labute approximate surface area is 128 Å². The number of hydrogen-bond donors (Lipinski definition) is 1. The van der Waals surface area contributed by atoms with Gasteiger partial charge in [0.1, 0.15) is 0 Å². The first kappa shape index (κ1) is 19.9. The van der Waals surface area contributed by atoms with E-state index in [9.17, 15) is 9.59 Å². The third kappa shape index (κ3) is 8.05. The molecule has 0 amide bonds. The summed E-state index contributed by atoms with van der Waals surface area (Å²) in [5.74, 6) is -0.952. The van der Waals surface area contributed by atoms with Crippen LogP contribution in [-0.2, 0) is 19.1 Å². The molecule has 0 aromatic carbocycles. The quantitative estimate of drug-likeness (QED) is 0.468. The fourth-order valence-electron chi connectivity index (χ4n) is 1.87. The van der Waals surface area contributed by atoms with E-state index in [2.05, 4.69) is 0 Å². The van der Waals surface area contributed by atoms with Gasteiger partial charge in [-0.3, -0.25) is 9.59 Å². The van der Waals surface area contributed by atoms with Crippen molar-refractivity contribution in [2.45, 2.75) is 60.3 Å². The van der Waals surface area contributed by atoms with Gasteiger partial charge in [-0.15, -0.1) is 0 Å². The number of carbonyl (C=O) groups is 2.